The summed E-state index contributed by atoms with van der Waals surface area (Å²) in [7, 11) is 3.16. The van der Waals surface area contributed by atoms with E-state index in [-0.39, 0.29) is 24.5 Å². The number of aromatic amines is 1. The quantitative estimate of drug-likeness (QED) is 0.315. The number of rotatable bonds is 6. The highest BCUT2D eigenvalue weighted by atomic mass is 19.4. The predicted molar refractivity (Wildman–Crippen MR) is 154 cm³/mol. The number of benzene rings is 2. The van der Waals surface area contributed by atoms with E-state index >= 15 is 0 Å². The van der Waals surface area contributed by atoms with Crippen molar-refractivity contribution >= 4 is 17.0 Å². The molecule has 0 aliphatic carbocycles. The summed E-state index contributed by atoms with van der Waals surface area (Å²) in [5.74, 6) is -0.876. The lowest BCUT2D eigenvalue weighted by atomic mass is 9.69. The lowest BCUT2D eigenvalue weighted by Crippen LogP contribution is -2.42. The van der Waals surface area contributed by atoms with E-state index in [0.29, 0.717) is 5.52 Å². The van der Waals surface area contributed by atoms with E-state index in [1.165, 1.54) is 13.2 Å². The molecule has 1 N–H and O–H groups in total. The van der Waals surface area contributed by atoms with Gasteiger partial charge >= 0.3 is 12.1 Å². The van der Waals surface area contributed by atoms with Crippen molar-refractivity contribution in [3.8, 4) is 5.75 Å². The lowest BCUT2D eigenvalue weighted by Gasteiger charge is -2.34. The van der Waals surface area contributed by atoms with Gasteiger partial charge in [0, 0.05) is 38.7 Å². The molecular formula is C31H34F3N5O4. The molecule has 2 aromatic carbocycles. The van der Waals surface area contributed by atoms with Gasteiger partial charge in [0.05, 0.1) is 23.7 Å². The fourth-order valence-electron chi connectivity index (χ4n) is 5.95. The summed E-state index contributed by atoms with van der Waals surface area (Å²) >= 11 is 0. The van der Waals surface area contributed by atoms with Crippen molar-refractivity contribution in [3.63, 3.8) is 0 Å². The SMILES string of the molecule is COC(=O)C(C)(C)[C@@H](c1ccc(C)c(CN2Cc3[nH]c(=O)ccc3O[C@@H](C(F)(F)F)C2)c1)c1ccc2c(nnn2C)c1C. The number of ether oxygens (including phenoxy) is 2. The van der Waals surface area contributed by atoms with Crippen LogP contribution in [0.15, 0.2) is 47.3 Å². The fraction of sp³-hybridized carbons (Fsp3) is 0.419. The first-order valence-electron chi connectivity index (χ1n) is 13.8. The Morgan fingerprint density at radius 3 is 2.60 bits per heavy atom. The lowest BCUT2D eigenvalue weighted by molar-refractivity contribution is -0.198. The number of pyridine rings is 1. The van der Waals surface area contributed by atoms with Crippen LogP contribution in [0.1, 0.15) is 53.3 Å². The molecule has 12 heteroatoms. The van der Waals surface area contributed by atoms with Gasteiger partial charge in [0.25, 0.3) is 0 Å². The monoisotopic (exact) mass is 597 g/mol. The van der Waals surface area contributed by atoms with Crippen molar-refractivity contribution in [2.45, 2.75) is 59.0 Å². The van der Waals surface area contributed by atoms with Crippen LogP contribution in [-0.2, 0) is 29.7 Å². The average molecular weight is 598 g/mol. The number of fused-ring (bicyclic) bond motifs is 2. The van der Waals surface area contributed by atoms with Gasteiger partial charge in [-0.15, -0.1) is 5.10 Å². The minimum atomic E-state index is -4.61. The van der Waals surface area contributed by atoms with Crippen LogP contribution in [0, 0.1) is 19.3 Å². The van der Waals surface area contributed by atoms with Crippen molar-refractivity contribution < 1.29 is 27.4 Å². The first-order chi connectivity index (χ1) is 20.2. The number of halogens is 3. The number of methoxy groups -OCH3 is 1. The average Bonchev–Trinajstić information content (AvgIpc) is 3.21. The van der Waals surface area contributed by atoms with E-state index in [4.69, 9.17) is 9.47 Å². The largest absolute Gasteiger partial charge is 0.478 e. The third-order valence-electron chi connectivity index (χ3n) is 8.32. The Hall–Kier alpha value is -4.19. The molecule has 2 atom stereocenters. The molecule has 4 aromatic rings. The second-order valence-corrected chi connectivity index (χ2v) is 11.7. The molecule has 0 radical (unpaired) electrons. The van der Waals surface area contributed by atoms with Gasteiger partial charge in [-0.3, -0.25) is 14.5 Å². The molecule has 0 unspecified atom stereocenters. The number of carbonyl (C=O) groups is 1. The van der Waals surface area contributed by atoms with E-state index in [9.17, 15) is 22.8 Å². The van der Waals surface area contributed by atoms with Crippen molar-refractivity contribution in [1.82, 2.24) is 24.9 Å². The van der Waals surface area contributed by atoms with Crippen LogP contribution in [-0.4, -0.2) is 56.8 Å². The van der Waals surface area contributed by atoms with Gasteiger partial charge < -0.3 is 14.5 Å². The normalized spacial score (nSPS) is 16.8. The molecule has 0 spiro atoms. The van der Waals surface area contributed by atoms with Gasteiger partial charge in [0.1, 0.15) is 11.3 Å². The number of hydrogen-bond acceptors (Lipinski definition) is 7. The van der Waals surface area contributed by atoms with Crippen LogP contribution in [0.4, 0.5) is 13.2 Å². The van der Waals surface area contributed by atoms with Crippen LogP contribution in [0.25, 0.3) is 11.0 Å². The van der Waals surface area contributed by atoms with Gasteiger partial charge in [-0.1, -0.05) is 29.5 Å². The zero-order chi connectivity index (χ0) is 31.3. The molecule has 0 saturated carbocycles. The Morgan fingerprint density at radius 2 is 1.91 bits per heavy atom. The summed E-state index contributed by atoms with van der Waals surface area (Å²) in [4.78, 5) is 29.4. The number of hydrogen-bond donors (Lipinski definition) is 1. The molecule has 43 heavy (non-hydrogen) atoms. The number of carbonyl (C=O) groups excluding carboxylic acids is 1. The molecule has 2 aromatic heterocycles. The van der Waals surface area contributed by atoms with Gasteiger partial charge in [-0.05, 0) is 67.6 Å². The summed E-state index contributed by atoms with van der Waals surface area (Å²) < 4.78 is 54.1. The second kappa shape index (κ2) is 11.1. The number of H-pyrrole nitrogens is 1. The molecule has 9 nitrogen and oxygen atoms in total. The van der Waals surface area contributed by atoms with Crippen LogP contribution in [0.5, 0.6) is 5.75 Å². The van der Waals surface area contributed by atoms with Gasteiger partial charge in [-0.25, -0.2) is 4.68 Å². The van der Waals surface area contributed by atoms with Crippen LogP contribution < -0.4 is 10.3 Å². The molecule has 0 bridgehead atoms. The number of aromatic nitrogens is 4. The first-order valence-corrected chi connectivity index (χ1v) is 13.8. The maximum absolute atomic E-state index is 14.0. The smallest absolute Gasteiger partial charge is 0.426 e. The molecule has 0 amide bonds. The first kappa shape index (κ1) is 30.3. The summed E-state index contributed by atoms with van der Waals surface area (Å²) in [6.07, 6.45) is -6.69. The maximum Gasteiger partial charge on any atom is 0.426 e. The van der Waals surface area contributed by atoms with Gasteiger partial charge in [-0.2, -0.15) is 13.2 Å². The molecule has 1 aliphatic heterocycles. The summed E-state index contributed by atoms with van der Waals surface area (Å²) in [6, 6.07) is 12.1. The van der Waals surface area contributed by atoms with E-state index in [0.717, 1.165) is 39.4 Å². The van der Waals surface area contributed by atoms with E-state index < -0.39 is 41.7 Å². The minimum Gasteiger partial charge on any atom is -0.478 e. The number of alkyl halides is 3. The summed E-state index contributed by atoms with van der Waals surface area (Å²) in [5, 5.41) is 8.48. The summed E-state index contributed by atoms with van der Waals surface area (Å²) in [5.41, 5.74) is 4.60. The molecule has 0 fully saturated rings. The van der Waals surface area contributed by atoms with Gasteiger partial charge in [0.15, 0.2) is 0 Å². The second-order valence-electron chi connectivity index (χ2n) is 11.7. The number of aryl methyl sites for hydroxylation is 3. The van der Waals surface area contributed by atoms with E-state index in [1.807, 2.05) is 65.1 Å². The topological polar surface area (TPSA) is 102 Å². The van der Waals surface area contributed by atoms with Gasteiger partial charge in [0.2, 0.25) is 11.7 Å². The third-order valence-corrected chi connectivity index (χ3v) is 8.32. The fourth-order valence-corrected chi connectivity index (χ4v) is 5.95. The number of esters is 1. The van der Waals surface area contributed by atoms with Crippen molar-refractivity contribution in [3.05, 3.63) is 86.3 Å². The van der Waals surface area contributed by atoms with E-state index in [1.54, 1.807) is 9.58 Å². The third kappa shape index (κ3) is 5.75. The predicted octanol–water partition coefficient (Wildman–Crippen LogP) is 4.93. The highest BCUT2D eigenvalue weighted by Gasteiger charge is 2.45. The molecule has 5 rings (SSSR count). The Bertz CT molecular complexity index is 1740. The number of nitrogens with zero attached hydrogens (tertiary/aromatic N) is 4. The number of nitrogens with one attached hydrogen (secondary N) is 1. The Labute approximate surface area is 246 Å². The highest BCUT2D eigenvalue weighted by molar-refractivity contribution is 5.82. The van der Waals surface area contributed by atoms with Crippen LogP contribution >= 0.6 is 0 Å². The maximum atomic E-state index is 14.0. The zero-order valence-corrected chi connectivity index (χ0v) is 24.9. The molecule has 228 valence electrons. The van der Waals surface area contributed by atoms with Crippen LogP contribution in [0.3, 0.4) is 0 Å². The Kier molecular flexibility index (Phi) is 7.84. The Morgan fingerprint density at radius 1 is 1.16 bits per heavy atom. The van der Waals surface area contributed by atoms with E-state index in [2.05, 4.69) is 15.3 Å². The zero-order valence-electron chi connectivity index (χ0n) is 24.9. The molecule has 3 heterocycles. The Balaban J connectivity index is 1.59. The standard InChI is InChI=1S/C31H34F3N5O4/c1-17-7-8-19(27(30(3,4)29(41)42-6)21-9-10-23-28(18(21)2)36-37-38(23)5)13-20(17)14-39-15-22-24(11-12-26(40)35-22)43-25(16-39)31(32,33)34/h7-13,25,27H,14-16H2,1-6H3,(H,35,40)/t25-,27+/m1/s1. The van der Waals surface area contributed by atoms with Crippen LogP contribution in [0.2, 0.25) is 0 Å². The molecular weight excluding hydrogens is 563 g/mol. The molecule has 1 aliphatic rings. The summed E-state index contributed by atoms with van der Waals surface area (Å²) in [6.45, 7) is 7.24. The molecule has 0 saturated heterocycles. The highest BCUT2D eigenvalue weighted by Crippen LogP contribution is 2.44. The van der Waals surface area contributed by atoms with Crippen molar-refractivity contribution in [1.29, 1.82) is 0 Å². The minimum absolute atomic E-state index is 0.00432. The van der Waals surface area contributed by atoms with Crippen molar-refractivity contribution in [2.24, 2.45) is 12.5 Å². The van der Waals surface area contributed by atoms with Crippen molar-refractivity contribution in [2.75, 3.05) is 13.7 Å².